The summed E-state index contributed by atoms with van der Waals surface area (Å²) >= 11 is 1.50. The maximum atomic E-state index is 9.83. The Morgan fingerprint density at radius 2 is 2.22 bits per heavy atom. The lowest BCUT2D eigenvalue weighted by Crippen LogP contribution is -2.33. The second-order valence-electron chi connectivity index (χ2n) is 4.31. The van der Waals surface area contributed by atoms with Crippen molar-refractivity contribution >= 4 is 22.9 Å². The lowest BCUT2D eigenvalue weighted by Gasteiger charge is -2.13. The Kier molecular flexibility index (Phi) is 4.51. The average molecular weight is 267 g/mol. The summed E-state index contributed by atoms with van der Waals surface area (Å²) in [6.45, 7) is 4.69. The second kappa shape index (κ2) is 6.12. The van der Waals surface area contributed by atoms with Crippen molar-refractivity contribution in [3.63, 3.8) is 0 Å². The minimum absolute atomic E-state index is 0.378. The van der Waals surface area contributed by atoms with E-state index in [9.17, 15) is 5.11 Å². The minimum atomic E-state index is -0.398. The normalized spacial score (nSPS) is 13.3. The first-order valence-electron chi connectivity index (χ1n) is 5.85. The van der Waals surface area contributed by atoms with Crippen LogP contribution in [0.25, 0.3) is 11.2 Å². The molecule has 2 aromatic heterocycles. The third-order valence-electron chi connectivity index (χ3n) is 2.36. The summed E-state index contributed by atoms with van der Waals surface area (Å²) in [6, 6.07) is 0.378. The molecule has 1 unspecified atom stereocenters. The standard InChI is InChI=1S/C11H17N5OS/c1-7(2)12-3-8(17)4-18-11-9-10(14-5-13-9)15-6-16-11/h5-8,12,17H,3-4H2,1-2H3,(H,13,14,15,16). The fourth-order valence-corrected chi connectivity index (χ4v) is 2.34. The van der Waals surface area contributed by atoms with Crippen molar-refractivity contribution in [2.45, 2.75) is 31.0 Å². The molecule has 18 heavy (non-hydrogen) atoms. The van der Waals surface area contributed by atoms with Gasteiger partial charge in [-0.3, -0.25) is 0 Å². The van der Waals surface area contributed by atoms with E-state index in [0.29, 0.717) is 24.0 Å². The number of nitrogens with zero attached hydrogens (tertiary/aromatic N) is 3. The van der Waals surface area contributed by atoms with Crippen LogP contribution in [0.1, 0.15) is 13.8 Å². The first-order valence-corrected chi connectivity index (χ1v) is 6.83. The number of aliphatic hydroxyl groups excluding tert-OH is 1. The first-order chi connectivity index (χ1) is 8.66. The van der Waals surface area contributed by atoms with Crippen molar-refractivity contribution in [2.75, 3.05) is 12.3 Å². The van der Waals surface area contributed by atoms with Gasteiger partial charge in [0.15, 0.2) is 5.65 Å². The number of thioether (sulfide) groups is 1. The Balaban J connectivity index is 1.91. The summed E-state index contributed by atoms with van der Waals surface area (Å²) in [7, 11) is 0. The molecule has 0 aliphatic heterocycles. The maximum absolute atomic E-state index is 9.83. The van der Waals surface area contributed by atoms with Crippen LogP contribution < -0.4 is 5.32 Å². The van der Waals surface area contributed by atoms with Crippen molar-refractivity contribution in [2.24, 2.45) is 0 Å². The number of aromatic nitrogens is 4. The van der Waals surface area contributed by atoms with E-state index < -0.39 is 6.10 Å². The van der Waals surface area contributed by atoms with Crippen LogP contribution in [0.15, 0.2) is 17.7 Å². The van der Waals surface area contributed by atoms with Crippen LogP contribution in [-0.4, -0.2) is 49.5 Å². The molecule has 1 atom stereocenters. The summed E-state index contributed by atoms with van der Waals surface area (Å²) in [4.78, 5) is 15.3. The van der Waals surface area contributed by atoms with Crippen molar-refractivity contribution in [1.29, 1.82) is 0 Å². The number of aliphatic hydroxyl groups is 1. The number of rotatable bonds is 6. The summed E-state index contributed by atoms with van der Waals surface area (Å²) < 4.78 is 0. The van der Waals surface area contributed by atoms with Crippen LogP contribution in [0.4, 0.5) is 0 Å². The Morgan fingerprint density at radius 1 is 1.39 bits per heavy atom. The van der Waals surface area contributed by atoms with Crippen LogP contribution in [-0.2, 0) is 0 Å². The van der Waals surface area contributed by atoms with E-state index >= 15 is 0 Å². The average Bonchev–Trinajstić information content (AvgIpc) is 2.82. The molecule has 0 fully saturated rings. The highest BCUT2D eigenvalue weighted by Gasteiger charge is 2.10. The van der Waals surface area contributed by atoms with Crippen molar-refractivity contribution in [3.8, 4) is 0 Å². The molecule has 0 saturated heterocycles. The third kappa shape index (κ3) is 3.41. The van der Waals surface area contributed by atoms with Crippen LogP contribution in [0.3, 0.4) is 0 Å². The van der Waals surface area contributed by atoms with Gasteiger partial charge in [-0.2, -0.15) is 0 Å². The molecule has 0 amide bonds. The Morgan fingerprint density at radius 3 is 3.00 bits per heavy atom. The number of hydrogen-bond acceptors (Lipinski definition) is 6. The Hall–Kier alpha value is -1.18. The fourth-order valence-electron chi connectivity index (χ4n) is 1.46. The molecule has 7 heteroatoms. The van der Waals surface area contributed by atoms with E-state index in [1.807, 2.05) is 0 Å². The molecule has 98 valence electrons. The highest BCUT2D eigenvalue weighted by molar-refractivity contribution is 7.99. The number of aromatic amines is 1. The molecule has 0 aromatic carbocycles. The zero-order valence-electron chi connectivity index (χ0n) is 10.4. The van der Waals surface area contributed by atoms with Gasteiger partial charge in [0.1, 0.15) is 16.9 Å². The third-order valence-corrected chi connectivity index (χ3v) is 3.50. The number of hydrogen-bond donors (Lipinski definition) is 3. The van der Waals surface area contributed by atoms with E-state index in [1.165, 1.54) is 18.1 Å². The van der Waals surface area contributed by atoms with Gasteiger partial charge in [-0.25, -0.2) is 15.0 Å². The number of H-pyrrole nitrogens is 1. The highest BCUT2D eigenvalue weighted by atomic mass is 32.2. The van der Waals surface area contributed by atoms with Gasteiger partial charge in [0.05, 0.1) is 12.4 Å². The summed E-state index contributed by atoms with van der Waals surface area (Å²) in [5, 5.41) is 13.8. The Bertz CT molecular complexity index is 501. The summed E-state index contributed by atoms with van der Waals surface area (Å²) in [5.41, 5.74) is 1.48. The zero-order chi connectivity index (χ0) is 13.0. The molecular weight excluding hydrogens is 250 g/mol. The molecule has 6 nitrogen and oxygen atoms in total. The lowest BCUT2D eigenvalue weighted by atomic mass is 10.3. The van der Waals surface area contributed by atoms with Gasteiger partial charge in [0.2, 0.25) is 0 Å². The number of fused-ring (bicyclic) bond motifs is 1. The fraction of sp³-hybridized carbons (Fsp3) is 0.545. The quantitative estimate of drug-likeness (QED) is 0.530. The van der Waals surface area contributed by atoms with Gasteiger partial charge in [0.25, 0.3) is 0 Å². The van der Waals surface area contributed by atoms with E-state index in [-0.39, 0.29) is 0 Å². The topological polar surface area (TPSA) is 86.7 Å². The van der Waals surface area contributed by atoms with E-state index in [0.717, 1.165) is 10.5 Å². The van der Waals surface area contributed by atoms with Gasteiger partial charge < -0.3 is 15.4 Å². The predicted molar refractivity (Wildman–Crippen MR) is 71.6 cm³/mol. The van der Waals surface area contributed by atoms with Gasteiger partial charge in [0, 0.05) is 18.3 Å². The Labute approximate surface area is 110 Å². The van der Waals surface area contributed by atoms with E-state index in [2.05, 4.69) is 39.1 Å². The molecule has 2 rings (SSSR count). The van der Waals surface area contributed by atoms with Gasteiger partial charge in [-0.1, -0.05) is 13.8 Å². The number of imidazole rings is 1. The molecule has 2 heterocycles. The maximum Gasteiger partial charge on any atom is 0.181 e. The summed E-state index contributed by atoms with van der Waals surface area (Å²) in [5.74, 6) is 0.588. The smallest absolute Gasteiger partial charge is 0.181 e. The molecule has 0 saturated carbocycles. The van der Waals surface area contributed by atoms with Gasteiger partial charge >= 0.3 is 0 Å². The SMILES string of the molecule is CC(C)NCC(O)CSc1ncnc2nc[nH]c12. The van der Waals surface area contributed by atoms with Crippen molar-refractivity contribution in [1.82, 2.24) is 25.3 Å². The molecule has 0 aliphatic carbocycles. The molecule has 3 N–H and O–H groups in total. The zero-order valence-corrected chi connectivity index (χ0v) is 11.2. The number of nitrogens with one attached hydrogen (secondary N) is 2. The van der Waals surface area contributed by atoms with E-state index in [1.54, 1.807) is 6.33 Å². The molecule has 0 aliphatic rings. The predicted octanol–water partition coefficient (Wildman–Crippen LogP) is 0.804. The molecule has 0 radical (unpaired) electrons. The summed E-state index contributed by atoms with van der Waals surface area (Å²) in [6.07, 6.45) is 2.69. The molecule has 0 bridgehead atoms. The van der Waals surface area contributed by atoms with Crippen LogP contribution >= 0.6 is 11.8 Å². The monoisotopic (exact) mass is 267 g/mol. The molecular formula is C11H17N5OS. The van der Waals surface area contributed by atoms with Crippen LogP contribution in [0.2, 0.25) is 0 Å². The molecule has 2 aromatic rings. The van der Waals surface area contributed by atoms with Crippen LogP contribution in [0.5, 0.6) is 0 Å². The van der Waals surface area contributed by atoms with Crippen molar-refractivity contribution < 1.29 is 5.11 Å². The highest BCUT2D eigenvalue weighted by Crippen LogP contribution is 2.22. The molecule has 0 spiro atoms. The lowest BCUT2D eigenvalue weighted by molar-refractivity contribution is 0.192. The first kappa shape index (κ1) is 13.3. The second-order valence-corrected chi connectivity index (χ2v) is 5.32. The van der Waals surface area contributed by atoms with Gasteiger partial charge in [-0.05, 0) is 0 Å². The van der Waals surface area contributed by atoms with Crippen molar-refractivity contribution in [3.05, 3.63) is 12.7 Å². The minimum Gasteiger partial charge on any atom is -0.391 e. The van der Waals surface area contributed by atoms with E-state index in [4.69, 9.17) is 0 Å². The van der Waals surface area contributed by atoms with Gasteiger partial charge in [-0.15, -0.1) is 11.8 Å². The van der Waals surface area contributed by atoms with Crippen LogP contribution in [0, 0.1) is 0 Å². The largest absolute Gasteiger partial charge is 0.391 e.